The largest absolute Gasteiger partial charge is 0.455 e. The lowest BCUT2D eigenvalue weighted by Crippen LogP contribution is -2.48. The van der Waals surface area contributed by atoms with Gasteiger partial charge in [-0.3, -0.25) is 10.0 Å². The third-order valence-corrected chi connectivity index (χ3v) is 7.20. The average Bonchev–Trinajstić information content (AvgIpc) is 2.81. The number of carbonyl (C=O) groups excluding carboxylic acids is 1. The molecule has 0 bridgehead atoms. The molecule has 0 aromatic heterocycles. The Labute approximate surface area is 189 Å². The number of ether oxygens (including phenoxy) is 2. The van der Waals surface area contributed by atoms with E-state index in [1.54, 1.807) is 6.07 Å². The van der Waals surface area contributed by atoms with Gasteiger partial charge in [0.25, 0.3) is 5.91 Å². The van der Waals surface area contributed by atoms with Gasteiger partial charge in [-0.1, -0.05) is 54.2 Å². The van der Waals surface area contributed by atoms with Crippen molar-refractivity contribution in [1.82, 2.24) is 10.2 Å². The fourth-order valence-electron chi connectivity index (χ4n) is 3.04. The zero-order valence-corrected chi connectivity index (χ0v) is 18.4. The van der Waals surface area contributed by atoms with Crippen LogP contribution >= 0.6 is 11.8 Å². The minimum Gasteiger partial charge on any atom is -0.455 e. The smallest absolute Gasteiger partial charge is 0.263 e. The Hall–Kier alpha value is -2.89. The number of para-hydroxylation sites is 1. The number of hydroxylamine groups is 1. The summed E-state index contributed by atoms with van der Waals surface area (Å²) in [7, 11) is -4.09. The molecule has 0 fully saturated rings. The summed E-state index contributed by atoms with van der Waals surface area (Å²) in [5, 5.41) is 9.03. The molecule has 4 rings (SSSR count). The molecule has 10 heteroatoms. The molecule has 1 aliphatic rings. The highest BCUT2D eigenvalue weighted by molar-refractivity contribution is 7.99. The Bertz CT molecular complexity index is 1220. The second kappa shape index (κ2) is 9.72. The molecular weight excluding hydrogens is 452 g/mol. The first kappa shape index (κ1) is 22.3. The van der Waals surface area contributed by atoms with Gasteiger partial charge in [-0.05, 0) is 35.9 Å². The van der Waals surface area contributed by atoms with Crippen molar-refractivity contribution in [3.63, 3.8) is 0 Å². The van der Waals surface area contributed by atoms with E-state index < -0.39 is 22.0 Å². The van der Waals surface area contributed by atoms with Gasteiger partial charge >= 0.3 is 0 Å². The minimum atomic E-state index is -4.09. The van der Waals surface area contributed by atoms with E-state index in [9.17, 15) is 13.2 Å². The van der Waals surface area contributed by atoms with E-state index in [4.69, 9.17) is 14.7 Å². The van der Waals surface area contributed by atoms with Crippen LogP contribution in [-0.2, 0) is 26.2 Å². The van der Waals surface area contributed by atoms with Gasteiger partial charge < -0.3 is 9.47 Å². The molecule has 0 aliphatic carbocycles. The molecule has 3 aromatic carbocycles. The lowest BCUT2D eigenvalue weighted by atomic mass is 10.2. The predicted molar refractivity (Wildman–Crippen MR) is 117 cm³/mol. The second-order valence-corrected chi connectivity index (χ2v) is 9.71. The van der Waals surface area contributed by atoms with Crippen LogP contribution in [0.1, 0.15) is 5.56 Å². The number of amides is 1. The highest BCUT2D eigenvalue weighted by atomic mass is 32.2. The molecule has 8 nitrogen and oxygen atoms in total. The molecule has 3 N–H and O–H groups in total. The molecule has 166 valence electrons. The first-order chi connectivity index (χ1) is 15.5. The Morgan fingerprint density at radius 1 is 1.00 bits per heavy atom. The fourth-order valence-corrected chi connectivity index (χ4v) is 5.31. The number of carbonyl (C=O) groups is 1. The van der Waals surface area contributed by atoms with Crippen molar-refractivity contribution in [2.24, 2.45) is 0 Å². The summed E-state index contributed by atoms with van der Waals surface area (Å²) in [5.74, 6) is 0.323. The lowest BCUT2D eigenvalue weighted by molar-refractivity contribution is -0.132. The summed E-state index contributed by atoms with van der Waals surface area (Å²) in [6, 6.07) is 19.8. The van der Waals surface area contributed by atoms with Crippen LogP contribution in [0.4, 0.5) is 0 Å². The van der Waals surface area contributed by atoms with Gasteiger partial charge in [0.1, 0.15) is 17.5 Å². The molecule has 0 saturated carbocycles. The summed E-state index contributed by atoms with van der Waals surface area (Å²) in [4.78, 5) is 13.5. The highest BCUT2D eigenvalue weighted by Crippen LogP contribution is 2.47. The first-order valence-electron chi connectivity index (χ1n) is 9.63. The number of rotatable bonds is 8. The zero-order valence-electron chi connectivity index (χ0n) is 16.7. The molecule has 1 atom stereocenters. The zero-order chi connectivity index (χ0) is 22.6. The maximum Gasteiger partial charge on any atom is 0.263 e. The number of hydrogen-bond acceptors (Lipinski definition) is 7. The van der Waals surface area contributed by atoms with Crippen LogP contribution in [-0.4, -0.2) is 32.2 Å². The highest BCUT2D eigenvalue weighted by Gasteiger charge is 2.27. The SMILES string of the molecule is O=C(NO)[C@@H](COCc1ccccc1)NS(=O)(=O)c1ccc2c(c1)Sc1ccccc1O2. The van der Waals surface area contributed by atoms with Crippen LogP contribution < -0.4 is 14.9 Å². The van der Waals surface area contributed by atoms with Crippen molar-refractivity contribution < 1.29 is 27.9 Å². The van der Waals surface area contributed by atoms with E-state index >= 15 is 0 Å². The molecule has 3 aromatic rings. The molecule has 0 spiro atoms. The van der Waals surface area contributed by atoms with Gasteiger partial charge in [0, 0.05) is 0 Å². The van der Waals surface area contributed by atoms with Crippen LogP contribution in [0.25, 0.3) is 0 Å². The fraction of sp³-hybridized carbons (Fsp3) is 0.136. The van der Waals surface area contributed by atoms with Crippen LogP contribution in [0.15, 0.2) is 87.5 Å². The molecule has 1 amide bonds. The number of sulfonamides is 1. The average molecular weight is 473 g/mol. The van der Waals surface area contributed by atoms with E-state index in [0.717, 1.165) is 10.5 Å². The van der Waals surface area contributed by atoms with E-state index in [1.165, 1.54) is 29.4 Å². The van der Waals surface area contributed by atoms with Gasteiger partial charge in [0.2, 0.25) is 10.0 Å². The van der Waals surface area contributed by atoms with Gasteiger partial charge in [-0.25, -0.2) is 13.9 Å². The molecule has 0 unspecified atom stereocenters. The maximum atomic E-state index is 12.9. The lowest BCUT2D eigenvalue weighted by Gasteiger charge is -2.21. The third kappa shape index (κ3) is 5.12. The first-order valence-corrected chi connectivity index (χ1v) is 11.9. The topological polar surface area (TPSA) is 114 Å². The van der Waals surface area contributed by atoms with Gasteiger partial charge in [0.15, 0.2) is 0 Å². The van der Waals surface area contributed by atoms with Crippen LogP contribution in [0, 0.1) is 0 Å². The summed E-state index contributed by atoms with van der Waals surface area (Å²) in [6.45, 7) is -0.0826. The van der Waals surface area contributed by atoms with Crippen LogP contribution in [0.2, 0.25) is 0 Å². The molecule has 0 saturated heterocycles. The minimum absolute atomic E-state index is 0.0365. The van der Waals surface area contributed by atoms with E-state index in [2.05, 4.69) is 4.72 Å². The molecule has 1 aliphatic heterocycles. The quantitative estimate of drug-likeness (QED) is 0.266. The molecule has 0 radical (unpaired) electrons. The standard InChI is InChI=1S/C22H20N2O6S2/c25-22(23-26)17(14-29-13-15-6-2-1-3-7-15)24-32(27,28)16-10-11-19-21(12-16)31-20-9-5-4-8-18(20)30-19/h1-12,17,24,26H,13-14H2,(H,23,25)/t17-/m1/s1. The number of nitrogens with one attached hydrogen (secondary N) is 2. The third-order valence-electron chi connectivity index (χ3n) is 4.63. The van der Waals surface area contributed by atoms with Gasteiger partial charge in [-0.15, -0.1) is 0 Å². The van der Waals surface area contributed by atoms with E-state index in [1.807, 2.05) is 54.6 Å². The van der Waals surface area contributed by atoms with Gasteiger partial charge in [-0.2, -0.15) is 4.72 Å². The summed E-state index contributed by atoms with van der Waals surface area (Å²) < 4.78 is 39.5. The molecule has 1 heterocycles. The maximum absolute atomic E-state index is 12.9. The van der Waals surface area contributed by atoms with E-state index in [-0.39, 0.29) is 18.1 Å². The second-order valence-electron chi connectivity index (χ2n) is 6.91. The Balaban J connectivity index is 1.48. The van der Waals surface area contributed by atoms with Crippen molar-refractivity contribution in [3.05, 3.63) is 78.4 Å². The van der Waals surface area contributed by atoms with Gasteiger partial charge in [0.05, 0.1) is 27.9 Å². The number of fused-ring (bicyclic) bond motifs is 2. The molecular formula is C22H20N2O6S2. The van der Waals surface area contributed by atoms with Crippen molar-refractivity contribution in [1.29, 1.82) is 0 Å². The van der Waals surface area contributed by atoms with Crippen LogP contribution in [0.5, 0.6) is 11.5 Å². The number of hydrogen-bond donors (Lipinski definition) is 3. The van der Waals surface area contributed by atoms with Crippen molar-refractivity contribution in [2.45, 2.75) is 27.3 Å². The summed E-state index contributed by atoms with van der Waals surface area (Å²) >= 11 is 1.39. The van der Waals surface area contributed by atoms with Crippen molar-refractivity contribution >= 4 is 27.7 Å². The number of benzene rings is 3. The Morgan fingerprint density at radius 2 is 1.72 bits per heavy atom. The Morgan fingerprint density at radius 3 is 2.50 bits per heavy atom. The predicted octanol–water partition coefficient (Wildman–Crippen LogP) is 3.31. The van der Waals surface area contributed by atoms with Crippen molar-refractivity contribution in [2.75, 3.05) is 6.61 Å². The van der Waals surface area contributed by atoms with Crippen LogP contribution in [0.3, 0.4) is 0 Å². The van der Waals surface area contributed by atoms with Crippen molar-refractivity contribution in [3.8, 4) is 11.5 Å². The summed E-state index contributed by atoms with van der Waals surface area (Å²) in [5.41, 5.74) is 2.34. The molecule has 32 heavy (non-hydrogen) atoms. The normalized spacial score (nSPS) is 13.4. The Kier molecular flexibility index (Phi) is 6.77. The van der Waals surface area contributed by atoms with E-state index in [0.29, 0.717) is 16.4 Å². The summed E-state index contributed by atoms with van der Waals surface area (Å²) in [6.07, 6.45) is 0. The monoisotopic (exact) mass is 472 g/mol.